The summed E-state index contributed by atoms with van der Waals surface area (Å²) >= 11 is 0. The van der Waals surface area contributed by atoms with Crippen molar-refractivity contribution in [2.75, 3.05) is 5.32 Å². The largest absolute Gasteiger partial charge is 0.345 e. The van der Waals surface area contributed by atoms with Crippen LogP contribution in [-0.4, -0.2) is 17.9 Å². The SMILES string of the molecule is C[C@H]1CCCC[C@@H]1NC(=O)C(=O)Nc1ccc(C(C)(C)C)cc1. The molecule has 1 fully saturated rings. The van der Waals surface area contributed by atoms with Gasteiger partial charge in [0.2, 0.25) is 0 Å². The fourth-order valence-electron chi connectivity index (χ4n) is 3.01. The van der Waals surface area contributed by atoms with Crippen molar-refractivity contribution in [1.29, 1.82) is 0 Å². The molecule has 23 heavy (non-hydrogen) atoms. The zero-order valence-electron chi connectivity index (χ0n) is 14.6. The lowest BCUT2D eigenvalue weighted by Gasteiger charge is -2.29. The Bertz CT molecular complexity index is 558. The summed E-state index contributed by atoms with van der Waals surface area (Å²) in [5.41, 5.74) is 1.91. The van der Waals surface area contributed by atoms with Crippen molar-refractivity contribution in [3.63, 3.8) is 0 Å². The summed E-state index contributed by atoms with van der Waals surface area (Å²) in [7, 11) is 0. The quantitative estimate of drug-likeness (QED) is 0.819. The van der Waals surface area contributed by atoms with E-state index in [4.69, 9.17) is 0 Å². The second-order valence-corrected chi connectivity index (χ2v) is 7.62. The lowest BCUT2D eigenvalue weighted by molar-refractivity contribution is -0.137. The van der Waals surface area contributed by atoms with Gasteiger partial charge in [0, 0.05) is 11.7 Å². The van der Waals surface area contributed by atoms with Gasteiger partial charge in [0.1, 0.15) is 0 Å². The Morgan fingerprint density at radius 2 is 1.61 bits per heavy atom. The third-order valence-electron chi connectivity index (χ3n) is 4.64. The van der Waals surface area contributed by atoms with Gasteiger partial charge in [-0.1, -0.05) is 52.7 Å². The summed E-state index contributed by atoms with van der Waals surface area (Å²) in [6, 6.07) is 7.77. The standard InChI is InChI=1S/C19H28N2O2/c1-13-7-5-6-8-16(13)21-18(23)17(22)20-15-11-9-14(10-12-15)19(2,3)4/h9-13,16H,5-8H2,1-4H3,(H,20,22)(H,21,23)/t13-,16-/m0/s1. The van der Waals surface area contributed by atoms with E-state index >= 15 is 0 Å². The van der Waals surface area contributed by atoms with Gasteiger partial charge in [-0.05, 0) is 41.9 Å². The Kier molecular flexibility index (Phi) is 5.45. The molecule has 0 aromatic heterocycles. The van der Waals surface area contributed by atoms with Gasteiger partial charge < -0.3 is 10.6 Å². The summed E-state index contributed by atoms with van der Waals surface area (Å²) in [5, 5.41) is 5.55. The molecule has 0 aliphatic heterocycles. The molecular formula is C19H28N2O2. The van der Waals surface area contributed by atoms with Gasteiger partial charge in [-0.25, -0.2) is 0 Å². The molecule has 0 heterocycles. The molecular weight excluding hydrogens is 288 g/mol. The van der Waals surface area contributed by atoms with Gasteiger partial charge in [-0.15, -0.1) is 0 Å². The van der Waals surface area contributed by atoms with Crippen LogP contribution in [0.4, 0.5) is 5.69 Å². The van der Waals surface area contributed by atoms with E-state index in [9.17, 15) is 9.59 Å². The highest BCUT2D eigenvalue weighted by atomic mass is 16.2. The first-order chi connectivity index (χ1) is 10.8. The Hall–Kier alpha value is -1.84. The average molecular weight is 316 g/mol. The van der Waals surface area contributed by atoms with Crippen molar-refractivity contribution in [2.45, 2.75) is 64.8 Å². The number of amides is 2. The molecule has 0 unspecified atom stereocenters. The van der Waals surface area contributed by atoms with Crippen LogP contribution in [0.2, 0.25) is 0 Å². The van der Waals surface area contributed by atoms with E-state index in [1.54, 1.807) is 0 Å². The Labute approximate surface area is 139 Å². The number of hydrogen-bond donors (Lipinski definition) is 2. The number of carbonyl (C=O) groups is 2. The summed E-state index contributed by atoms with van der Waals surface area (Å²) in [5.74, 6) is -0.693. The van der Waals surface area contributed by atoms with Crippen molar-refractivity contribution in [3.05, 3.63) is 29.8 Å². The number of anilines is 1. The van der Waals surface area contributed by atoms with E-state index in [-0.39, 0.29) is 11.5 Å². The first kappa shape index (κ1) is 17.5. The molecule has 1 aromatic carbocycles. The zero-order chi connectivity index (χ0) is 17.0. The van der Waals surface area contributed by atoms with Gasteiger partial charge in [-0.2, -0.15) is 0 Å². The first-order valence-electron chi connectivity index (χ1n) is 8.50. The van der Waals surface area contributed by atoms with Crippen LogP contribution in [0.1, 0.15) is 58.9 Å². The first-order valence-corrected chi connectivity index (χ1v) is 8.50. The van der Waals surface area contributed by atoms with E-state index in [0.29, 0.717) is 11.6 Å². The molecule has 4 heteroatoms. The Morgan fingerprint density at radius 1 is 1.00 bits per heavy atom. The lowest BCUT2D eigenvalue weighted by atomic mass is 9.86. The van der Waals surface area contributed by atoms with Crippen LogP contribution in [0.15, 0.2) is 24.3 Å². The molecule has 2 rings (SSSR count). The van der Waals surface area contributed by atoms with Crippen LogP contribution >= 0.6 is 0 Å². The second-order valence-electron chi connectivity index (χ2n) is 7.62. The van der Waals surface area contributed by atoms with Crippen molar-refractivity contribution in [1.82, 2.24) is 5.32 Å². The van der Waals surface area contributed by atoms with Crippen molar-refractivity contribution >= 4 is 17.5 Å². The third kappa shape index (κ3) is 4.81. The molecule has 1 aromatic rings. The summed E-state index contributed by atoms with van der Waals surface area (Å²) in [6.45, 7) is 8.55. The minimum atomic E-state index is -0.591. The summed E-state index contributed by atoms with van der Waals surface area (Å²) in [4.78, 5) is 24.1. The minimum absolute atomic E-state index is 0.0665. The normalized spacial score (nSPS) is 21.6. The topological polar surface area (TPSA) is 58.2 Å². The predicted molar refractivity (Wildman–Crippen MR) is 93.3 cm³/mol. The maximum atomic E-state index is 12.1. The fraction of sp³-hybridized carbons (Fsp3) is 0.579. The number of carbonyl (C=O) groups excluding carboxylic acids is 2. The molecule has 0 bridgehead atoms. The van der Waals surface area contributed by atoms with E-state index in [0.717, 1.165) is 19.3 Å². The van der Waals surface area contributed by atoms with Crippen LogP contribution in [0.5, 0.6) is 0 Å². The van der Waals surface area contributed by atoms with Crippen LogP contribution in [0, 0.1) is 5.92 Å². The average Bonchev–Trinajstić information content (AvgIpc) is 2.49. The number of rotatable bonds is 2. The number of benzene rings is 1. The number of hydrogen-bond acceptors (Lipinski definition) is 2. The summed E-state index contributed by atoms with van der Waals surface area (Å²) in [6.07, 6.45) is 4.40. The van der Waals surface area contributed by atoms with E-state index in [2.05, 4.69) is 38.3 Å². The van der Waals surface area contributed by atoms with Gasteiger partial charge in [0.05, 0.1) is 0 Å². The van der Waals surface area contributed by atoms with Gasteiger partial charge in [-0.3, -0.25) is 9.59 Å². The Morgan fingerprint density at radius 3 is 2.17 bits per heavy atom. The molecule has 2 atom stereocenters. The summed E-state index contributed by atoms with van der Waals surface area (Å²) < 4.78 is 0. The van der Waals surface area contributed by atoms with Crippen molar-refractivity contribution in [2.24, 2.45) is 5.92 Å². The third-order valence-corrected chi connectivity index (χ3v) is 4.64. The zero-order valence-corrected chi connectivity index (χ0v) is 14.6. The maximum Gasteiger partial charge on any atom is 0.313 e. The molecule has 0 radical (unpaired) electrons. The smallest absolute Gasteiger partial charge is 0.313 e. The van der Waals surface area contributed by atoms with Gasteiger partial charge in [0.15, 0.2) is 0 Å². The highest BCUT2D eigenvalue weighted by Gasteiger charge is 2.25. The van der Waals surface area contributed by atoms with Crippen molar-refractivity contribution < 1.29 is 9.59 Å². The van der Waals surface area contributed by atoms with Crippen molar-refractivity contribution in [3.8, 4) is 0 Å². The van der Waals surface area contributed by atoms with Gasteiger partial charge in [0.25, 0.3) is 0 Å². The molecule has 0 spiro atoms. The van der Waals surface area contributed by atoms with Crippen LogP contribution in [0.3, 0.4) is 0 Å². The van der Waals surface area contributed by atoms with Crippen LogP contribution in [0.25, 0.3) is 0 Å². The molecule has 1 saturated carbocycles. The predicted octanol–water partition coefficient (Wildman–Crippen LogP) is 3.62. The molecule has 126 valence electrons. The van der Waals surface area contributed by atoms with E-state index in [1.807, 2.05) is 24.3 Å². The molecule has 2 amide bonds. The molecule has 1 aliphatic carbocycles. The second kappa shape index (κ2) is 7.16. The lowest BCUT2D eigenvalue weighted by Crippen LogP contribution is -2.45. The Balaban J connectivity index is 1.91. The molecule has 4 nitrogen and oxygen atoms in total. The minimum Gasteiger partial charge on any atom is -0.345 e. The van der Waals surface area contributed by atoms with E-state index in [1.165, 1.54) is 12.0 Å². The van der Waals surface area contributed by atoms with E-state index < -0.39 is 11.8 Å². The number of nitrogens with one attached hydrogen (secondary N) is 2. The van der Waals surface area contributed by atoms with Crippen LogP contribution < -0.4 is 10.6 Å². The van der Waals surface area contributed by atoms with Crippen LogP contribution in [-0.2, 0) is 15.0 Å². The van der Waals surface area contributed by atoms with Gasteiger partial charge >= 0.3 is 11.8 Å². The molecule has 2 N–H and O–H groups in total. The fourth-order valence-corrected chi connectivity index (χ4v) is 3.01. The highest BCUT2D eigenvalue weighted by molar-refractivity contribution is 6.39. The molecule has 0 saturated heterocycles. The highest BCUT2D eigenvalue weighted by Crippen LogP contribution is 2.24. The maximum absolute atomic E-state index is 12.1. The monoisotopic (exact) mass is 316 g/mol. The molecule has 1 aliphatic rings.